The van der Waals surface area contributed by atoms with Crippen molar-refractivity contribution in [1.29, 1.82) is 0 Å². The van der Waals surface area contributed by atoms with Crippen molar-refractivity contribution < 1.29 is 13.9 Å². The normalized spacial score (nSPS) is 15.0. The number of nitrogens with zero attached hydrogens (tertiary/aromatic N) is 4. The van der Waals surface area contributed by atoms with Gasteiger partial charge in [0, 0.05) is 31.4 Å². The van der Waals surface area contributed by atoms with Gasteiger partial charge in [-0.3, -0.25) is 9.69 Å². The van der Waals surface area contributed by atoms with Crippen molar-refractivity contribution in [1.82, 2.24) is 24.8 Å². The number of benzene rings is 1. The lowest BCUT2D eigenvalue weighted by Gasteiger charge is -2.26. The maximum Gasteiger partial charge on any atom is 0.254 e. The number of carbonyl (C=O) groups excluding carboxylic acids is 1. The van der Waals surface area contributed by atoms with Crippen LogP contribution < -0.4 is 5.32 Å². The van der Waals surface area contributed by atoms with Gasteiger partial charge in [0.05, 0.1) is 30.7 Å². The summed E-state index contributed by atoms with van der Waals surface area (Å²) in [6, 6.07) is 6.20. The molecule has 8 heteroatoms. The van der Waals surface area contributed by atoms with E-state index in [4.69, 9.17) is 4.74 Å². The van der Waals surface area contributed by atoms with E-state index in [0.717, 1.165) is 50.4 Å². The lowest BCUT2D eigenvalue weighted by molar-refractivity contribution is 0.0374. The Morgan fingerprint density at radius 2 is 1.97 bits per heavy atom. The Balaban J connectivity index is 1.43. The molecule has 29 heavy (non-hydrogen) atoms. The first-order valence-corrected chi connectivity index (χ1v) is 9.81. The second kappa shape index (κ2) is 8.67. The average molecular weight is 397 g/mol. The number of aromatic nitrogens is 3. The number of aryl methyl sites for hydroxylation is 1. The van der Waals surface area contributed by atoms with Crippen molar-refractivity contribution in [3.05, 3.63) is 53.7 Å². The average Bonchev–Trinajstić information content (AvgIpc) is 3.18. The van der Waals surface area contributed by atoms with Crippen LogP contribution in [0, 0.1) is 12.7 Å². The van der Waals surface area contributed by atoms with Gasteiger partial charge < -0.3 is 10.1 Å². The van der Waals surface area contributed by atoms with Crippen LogP contribution in [0.3, 0.4) is 0 Å². The molecule has 1 fully saturated rings. The molecule has 0 bridgehead atoms. The first-order chi connectivity index (χ1) is 14.1. The van der Waals surface area contributed by atoms with Gasteiger partial charge in [-0.05, 0) is 37.6 Å². The molecule has 0 atom stereocenters. The molecule has 1 N–H and O–H groups in total. The van der Waals surface area contributed by atoms with Crippen LogP contribution in [-0.4, -0.2) is 64.8 Å². The molecule has 1 saturated heterocycles. The van der Waals surface area contributed by atoms with Crippen LogP contribution in [0.4, 0.5) is 4.39 Å². The first kappa shape index (κ1) is 19.5. The lowest BCUT2D eigenvalue weighted by atomic mass is 10.1. The Kier molecular flexibility index (Phi) is 5.82. The fourth-order valence-corrected chi connectivity index (χ4v) is 3.53. The molecule has 3 aromatic rings. The molecular formula is C21H24FN5O2. The maximum absolute atomic E-state index is 13.2. The molecule has 0 saturated carbocycles. The largest absolute Gasteiger partial charge is 0.379 e. The van der Waals surface area contributed by atoms with Gasteiger partial charge in [-0.25, -0.2) is 13.9 Å². The monoisotopic (exact) mass is 397 g/mol. The van der Waals surface area contributed by atoms with E-state index in [1.54, 1.807) is 29.0 Å². The summed E-state index contributed by atoms with van der Waals surface area (Å²) in [6.07, 6.45) is 4.15. The summed E-state index contributed by atoms with van der Waals surface area (Å²) in [7, 11) is 0. The van der Waals surface area contributed by atoms with Crippen molar-refractivity contribution in [2.24, 2.45) is 0 Å². The summed E-state index contributed by atoms with van der Waals surface area (Å²) in [4.78, 5) is 19.4. The standard InChI is InChI=1S/C21H24FN5O2/c1-15-18(21(28)23-7-2-8-26-9-11-29-12-10-26)13-24-20-19(14-25-27(15)20)16-3-5-17(22)6-4-16/h3-6,13-14H,2,7-12H2,1H3,(H,23,28). The Bertz CT molecular complexity index is 996. The highest BCUT2D eigenvalue weighted by molar-refractivity contribution is 5.95. The molecule has 1 aliphatic rings. The van der Waals surface area contributed by atoms with Gasteiger partial charge in [-0.15, -0.1) is 0 Å². The number of hydrogen-bond acceptors (Lipinski definition) is 5. The van der Waals surface area contributed by atoms with Gasteiger partial charge in [0.1, 0.15) is 5.82 Å². The highest BCUT2D eigenvalue weighted by Crippen LogP contribution is 2.24. The van der Waals surface area contributed by atoms with Crippen LogP contribution in [0.1, 0.15) is 22.5 Å². The fourth-order valence-electron chi connectivity index (χ4n) is 3.53. The third-order valence-corrected chi connectivity index (χ3v) is 5.21. The van der Waals surface area contributed by atoms with Gasteiger partial charge in [-0.1, -0.05) is 12.1 Å². The predicted molar refractivity (Wildman–Crippen MR) is 107 cm³/mol. The number of fused-ring (bicyclic) bond motifs is 1. The second-order valence-electron chi connectivity index (χ2n) is 7.12. The summed E-state index contributed by atoms with van der Waals surface area (Å²) in [6.45, 7) is 6.85. The zero-order valence-corrected chi connectivity index (χ0v) is 16.4. The fraction of sp³-hybridized carbons (Fsp3) is 0.381. The number of amides is 1. The molecule has 1 aliphatic heterocycles. The highest BCUT2D eigenvalue weighted by Gasteiger charge is 2.16. The minimum atomic E-state index is -0.290. The molecular weight excluding hydrogens is 373 g/mol. The molecule has 0 spiro atoms. The summed E-state index contributed by atoms with van der Waals surface area (Å²) < 4.78 is 20.2. The van der Waals surface area contributed by atoms with Crippen molar-refractivity contribution in [2.45, 2.75) is 13.3 Å². The van der Waals surface area contributed by atoms with E-state index in [1.165, 1.54) is 12.1 Å². The molecule has 4 rings (SSSR count). The predicted octanol–water partition coefficient (Wildman–Crippen LogP) is 2.30. The molecule has 0 radical (unpaired) electrons. The molecule has 0 aliphatic carbocycles. The minimum Gasteiger partial charge on any atom is -0.379 e. The highest BCUT2D eigenvalue weighted by atomic mass is 19.1. The van der Waals surface area contributed by atoms with Crippen LogP contribution in [0.2, 0.25) is 0 Å². The van der Waals surface area contributed by atoms with Crippen LogP contribution in [0.25, 0.3) is 16.8 Å². The molecule has 3 heterocycles. The maximum atomic E-state index is 13.2. The zero-order valence-electron chi connectivity index (χ0n) is 16.4. The van der Waals surface area contributed by atoms with Crippen LogP contribution in [-0.2, 0) is 4.74 Å². The van der Waals surface area contributed by atoms with E-state index < -0.39 is 0 Å². The topological polar surface area (TPSA) is 71.8 Å². The summed E-state index contributed by atoms with van der Waals surface area (Å²) >= 11 is 0. The Morgan fingerprint density at radius 3 is 2.72 bits per heavy atom. The van der Waals surface area contributed by atoms with E-state index >= 15 is 0 Å². The van der Waals surface area contributed by atoms with Crippen molar-refractivity contribution in [3.8, 4) is 11.1 Å². The minimum absolute atomic E-state index is 0.155. The Labute approximate surface area is 168 Å². The SMILES string of the molecule is Cc1c(C(=O)NCCCN2CCOCC2)cnc2c(-c3ccc(F)cc3)cnn12. The summed E-state index contributed by atoms with van der Waals surface area (Å²) in [5, 5.41) is 7.35. The van der Waals surface area contributed by atoms with Crippen LogP contribution in [0.5, 0.6) is 0 Å². The van der Waals surface area contributed by atoms with Crippen molar-refractivity contribution >= 4 is 11.6 Å². The van der Waals surface area contributed by atoms with Gasteiger partial charge in [0.15, 0.2) is 5.65 Å². The molecule has 1 aromatic carbocycles. The number of halogens is 1. The molecule has 7 nitrogen and oxygen atoms in total. The number of ether oxygens (including phenoxy) is 1. The number of rotatable bonds is 6. The number of morpholine rings is 1. The van der Waals surface area contributed by atoms with E-state index in [-0.39, 0.29) is 11.7 Å². The quantitative estimate of drug-likeness (QED) is 0.647. The molecule has 1 amide bonds. The van der Waals surface area contributed by atoms with E-state index in [9.17, 15) is 9.18 Å². The zero-order chi connectivity index (χ0) is 20.2. The molecule has 0 unspecified atom stereocenters. The van der Waals surface area contributed by atoms with E-state index in [0.29, 0.717) is 23.4 Å². The van der Waals surface area contributed by atoms with Crippen LogP contribution in [0.15, 0.2) is 36.7 Å². The third kappa shape index (κ3) is 4.28. The molecule has 152 valence electrons. The van der Waals surface area contributed by atoms with Crippen molar-refractivity contribution in [2.75, 3.05) is 39.4 Å². The number of nitrogens with one attached hydrogen (secondary N) is 1. The van der Waals surface area contributed by atoms with Gasteiger partial charge in [0.25, 0.3) is 5.91 Å². The van der Waals surface area contributed by atoms with E-state index in [1.807, 2.05) is 6.92 Å². The smallest absolute Gasteiger partial charge is 0.254 e. The number of carbonyl (C=O) groups is 1. The number of hydrogen-bond donors (Lipinski definition) is 1. The van der Waals surface area contributed by atoms with E-state index in [2.05, 4.69) is 20.3 Å². The van der Waals surface area contributed by atoms with Gasteiger partial charge >= 0.3 is 0 Å². The first-order valence-electron chi connectivity index (χ1n) is 9.81. The second-order valence-corrected chi connectivity index (χ2v) is 7.12. The Hall–Kier alpha value is -2.84. The lowest BCUT2D eigenvalue weighted by Crippen LogP contribution is -2.38. The molecule has 2 aromatic heterocycles. The summed E-state index contributed by atoms with van der Waals surface area (Å²) in [5.41, 5.74) is 3.48. The van der Waals surface area contributed by atoms with Gasteiger partial charge in [0.2, 0.25) is 0 Å². The Morgan fingerprint density at radius 1 is 1.21 bits per heavy atom. The van der Waals surface area contributed by atoms with Gasteiger partial charge in [-0.2, -0.15) is 5.10 Å². The van der Waals surface area contributed by atoms with Crippen molar-refractivity contribution in [3.63, 3.8) is 0 Å². The summed E-state index contributed by atoms with van der Waals surface area (Å²) in [5.74, 6) is -0.445. The van der Waals surface area contributed by atoms with Crippen LogP contribution >= 0.6 is 0 Å². The third-order valence-electron chi connectivity index (χ3n) is 5.21.